The summed E-state index contributed by atoms with van der Waals surface area (Å²) >= 11 is 0. The molecule has 0 aliphatic carbocycles. The van der Waals surface area contributed by atoms with Crippen LogP contribution in [0.25, 0.3) is 0 Å². The maximum absolute atomic E-state index is 13.1. The predicted molar refractivity (Wildman–Crippen MR) is 105 cm³/mol. The monoisotopic (exact) mass is 371 g/mol. The molecular formula is C21H29N3O3. The second-order valence-corrected chi connectivity index (χ2v) is 6.80. The summed E-state index contributed by atoms with van der Waals surface area (Å²) in [7, 11) is 0. The Bertz CT molecular complexity index is 751. The highest BCUT2D eigenvalue weighted by Crippen LogP contribution is 2.19. The molecule has 1 amide bonds. The van der Waals surface area contributed by atoms with Gasteiger partial charge in [-0.1, -0.05) is 44.2 Å². The summed E-state index contributed by atoms with van der Waals surface area (Å²) < 4.78 is 1.94. The number of aromatic nitrogens is 2. The van der Waals surface area contributed by atoms with Crippen molar-refractivity contribution in [3.8, 4) is 0 Å². The van der Waals surface area contributed by atoms with Gasteiger partial charge < -0.3 is 10.0 Å². The summed E-state index contributed by atoms with van der Waals surface area (Å²) in [4.78, 5) is 25.6. The Kier molecular flexibility index (Phi) is 7.58. The fourth-order valence-corrected chi connectivity index (χ4v) is 3.24. The molecule has 2 aromatic rings. The lowest BCUT2D eigenvalue weighted by atomic mass is 10.2. The highest BCUT2D eigenvalue weighted by molar-refractivity contribution is 5.92. The van der Waals surface area contributed by atoms with E-state index in [1.54, 1.807) is 4.90 Å². The number of rotatable bonds is 10. The van der Waals surface area contributed by atoms with Crippen molar-refractivity contribution >= 4 is 11.9 Å². The fourth-order valence-electron chi connectivity index (χ4n) is 3.24. The molecule has 6 heteroatoms. The first-order valence-electron chi connectivity index (χ1n) is 9.57. The van der Waals surface area contributed by atoms with Gasteiger partial charge in [-0.3, -0.25) is 14.3 Å². The Balaban J connectivity index is 2.21. The zero-order valence-electron chi connectivity index (χ0n) is 16.4. The zero-order valence-corrected chi connectivity index (χ0v) is 16.4. The van der Waals surface area contributed by atoms with Crippen LogP contribution in [0, 0.1) is 6.92 Å². The largest absolute Gasteiger partial charge is 0.481 e. The van der Waals surface area contributed by atoms with Crippen LogP contribution in [-0.2, 0) is 11.3 Å². The van der Waals surface area contributed by atoms with Crippen molar-refractivity contribution in [1.82, 2.24) is 14.7 Å². The van der Waals surface area contributed by atoms with Crippen LogP contribution in [0.3, 0.4) is 0 Å². The average molecular weight is 371 g/mol. The zero-order chi connectivity index (χ0) is 19.8. The third-order valence-electron chi connectivity index (χ3n) is 4.75. The van der Waals surface area contributed by atoms with E-state index in [1.165, 1.54) is 0 Å². The summed E-state index contributed by atoms with van der Waals surface area (Å²) in [5.41, 5.74) is 2.40. The van der Waals surface area contributed by atoms with Crippen molar-refractivity contribution in [2.75, 3.05) is 6.54 Å². The number of carboxylic acids is 1. The molecule has 0 saturated heterocycles. The van der Waals surface area contributed by atoms with E-state index in [1.807, 2.05) is 48.0 Å². The topological polar surface area (TPSA) is 75.4 Å². The number of nitrogens with zero attached hydrogens (tertiary/aromatic N) is 3. The van der Waals surface area contributed by atoms with Gasteiger partial charge in [-0.05, 0) is 37.8 Å². The Labute approximate surface area is 160 Å². The Hall–Kier alpha value is -2.63. The van der Waals surface area contributed by atoms with Gasteiger partial charge in [0.15, 0.2) is 5.69 Å². The molecule has 27 heavy (non-hydrogen) atoms. The number of aryl methyl sites for hydroxylation is 1. The summed E-state index contributed by atoms with van der Waals surface area (Å²) in [6.07, 6.45) is 2.37. The molecule has 2 rings (SSSR count). The van der Waals surface area contributed by atoms with Crippen LogP contribution in [0.15, 0.2) is 36.4 Å². The number of carbonyl (C=O) groups is 2. The third-order valence-corrected chi connectivity index (χ3v) is 4.75. The Morgan fingerprint density at radius 3 is 2.44 bits per heavy atom. The van der Waals surface area contributed by atoms with Gasteiger partial charge in [0.2, 0.25) is 0 Å². The number of benzene rings is 1. The minimum atomic E-state index is -0.851. The van der Waals surface area contributed by atoms with Crippen molar-refractivity contribution in [3.05, 3.63) is 53.3 Å². The first kappa shape index (κ1) is 20.7. The molecule has 0 unspecified atom stereocenters. The fraction of sp³-hybridized carbons (Fsp3) is 0.476. The van der Waals surface area contributed by atoms with Crippen molar-refractivity contribution in [2.24, 2.45) is 0 Å². The predicted octanol–water partition coefficient (Wildman–Crippen LogP) is 4.06. The van der Waals surface area contributed by atoms with E-state index in [0.717, 1.165) is 24.1 Å². The summed E-state index contributed by atoms with van der Waals surface area (Å²) in [6.45, 7) is 7.02. The van der Waals surface area contributed by atoms with Gasteiger partial charge in [0.25, 0.3) is 5.91 Å². The highest BCUT2D eigenvalue weighted by atomic mass is 16.4. The van der Waals surface area contributed by atoms with Gasteiger partial charge in [0, 0.05) is 25.2 Å². The molecule has 0 spiro atoms. The smallest absolute Gasteiger partial charge is 0.303 e. The lowest BCUT2D eigenvalue weighted by Crippen LogP contribution is -2.32. The van der Waals surface area contributed by atoms with Crippen LogP contribution in [0.1, 0.15) is 67.3 Å². The van der Waals surface area contributed by atoms with E-state index < -0.39 is 5.97 Å². The van der Waals surface area contributed by atoms with Crippen LogP contribution in [-0.4, -0.2) is 38.2 Å². The van der Waals surface area contributed by atoms with Crippen LogP contribution < -0.4 is 0 Å². The molecule has 1 aromatic carbocycles. The molecule has 0 radical (unpaired) electrons. The van der Waals surface area contributed by atoms with Crippen molar-refractivity contribution in [2.45, 2.75) is 59.0 Å². The molecule has 1 aromatic heterocycles. The number of aliphatic carboxylic acids is 1. The van der Waals surface area contributed by atoms with Crippen LogP contribution >= 0.6 is 0 Å². The molecule has 0 aliphatic rings. The summed E-state index contributed by atoms with van der Waals surface area (Å²) in [5.74, 6) is -1.01. The van der Waals surface area contributed by atoms with Gasteiger partial charge in [-0.2, -0.15) is 5.10 Å². The lowest BCUT2D eigenvalue weighted by Gasteiger charge is -2.22. The van der Waals surface area contributed by atoms with Crippen LogP contribution in [0.2, 0.25) is 0 Å². The van der Waals surface area contributed by atoms with Crippen molar-refractivity contribution in [1.29, 1.82) is 0 Å². The van der Waals surface area contributed by atoms with Crippen molar-refractivity contribution in [3.63, 3.8) is 0 Å². The normalized spacial score (nSPS) is 11.0. The van der Waals surface area contributed by atoms with Crippen molar-refractivity contribution < 1.29 is 14.7 Å². The molecular weight excluding hydrogens is 342 g/mol. The minimum absolute atomic E-state index is 0.0414. The van der Waals surface area contributed by atoms with Gasteiger partial charge in [-0.25, -0.2) is 0 Å². The lowest BCUT2D eigenvalue weighted by molar-refractivity contribution is -0.137. The van der Waals surface area contributed by atoms with Gasteiger partial charge in [0.1, 0.15) is 0 Å². The maximum Gasteiger partial charge on any atom is 0.303 e. The third kappa shape index (κ3) is 5.67. The van der Waals surface area contributed by atoms with Crippen LogP contribution in [0.4, 0.5) is 0 Å². The molecule has 0 saturated carbocycles. The standard InChI is InChI=1S/C21H29N3O3/c1-4-18(5-2)24-16(3)14-19(22-24)21(27)23(13-9-12-20(25)26)15-17-10-7-6-8-11-17/h6-8,10-11,14,18H,4-5,9,12-13,15H2,1-3H3,(H,25,26). The van der Waals surface area contributed by atoms with Gasteiger partial charge in [-0.15, -0.1) is 0 Å². The Morgan fingerprint density at radius 2 is 1.85 bits per heavy atom. The molecule has 146 valence electrons. The van der Waals surface area contributed by atoms with E-state index in [9.17, 15) is 9.59 Å². The summed E-state index contributed by atoms with van der Waals surface area (Å²) in [5, 5.41) is 13.5. The first-order chi connectivity index (χ1) is 13.0. The highest BCUT2D eigenvalue weighted by Gasteiger charge is 2.21. The second kappa shape index (κ2) is 9.90. The molecule has 0 aliphatic heterocycles. The van der Waals surface area contributed by atoms with Crippen LogP contribution in [0.5, 0.6) is 0 Å². The number of amides is 1. The average Bonchev–Trinajstić information content (AvgIpc) is 3.04. The van der Waals surface area contributed by atoms with E-state index in [-0.39, 0.29) is 18.4 Å². The molecule has 6 nitrogen and oxygen atoms in total. The first-order valence-corrected chi connectivity index (χ1v) is 9.57. The maximum atomic E-state index is 13.1. The SMILES string of the molecule is CCC(CC)n1nc(C(=O)N(CCCC(=O)O)Cc2ccccc2)cc1C. The summed E-state index contributed by atoms with van der Waals surface area (Å²) in [6, 6.07) is 11.8. The molecule has 1 N–H and O–H groups in total. The minimum Gasteiger partial charge on any atom is -0.481 e. The molecule has 1 heterocycles. The van der Waals surface area contributed by atoms with E-state index in [0.29, 0.717) is 25.2 Å². The van der Waals surface area contributed by atoms with E-state index >= 15 is 0 Å². The number of hydrogen-bond acceptors (Lipinski definition) is 3. The molecule has 0 bridgehead atoms. The van der Waals surface area contributed by atoms with E-state index in [2.05, 4.69) is 18.9 Å². The second-order valence-electron chi connectivity index (χ2n) is 6.80. The number of carboxylic acid groups (broad SMARTS) is 1. The van der Waals surface area contributed by atoms with E-state index in [4.69, 9.17) is 5.11 Å². The number of hydrogen-bond donors (Lipinski definition) is 1. The molecule has 0 atom stereocenters. The van der Waals surface area contributed by atoms with Gasteiger partial charge >= 0.3 is 5.97 Å². The quantitative estimate of drug-likeness (QED) is 0.683. The number of carbonyl (C=O) groups excluding carboxylic acids is 1. The Morgan fingerprint density at radius 1 is 1.19 bits per heavy atom. The van der Waals surface area contributed by atoms with Gasteiger partial charge in [0.05, 0.1) is 6.04 Å². The molecule has 0 fully saturated rings.